The molecule has 7 unspecified atom stereocenters. The molecule has 4 rings (SSSR count). The normalized spacial score (nSPS) is 36.9. The molecule has 0 aromatic rings. The van der Waals surface area contributed by atoms with E-state index in [1.807, 2.05) is 7.05 Å². The molecule has 7 atom stereocenters. The summed E-state index contributed by atoms with van der Waals surface area (Å²) in [6.45, 7) is 1.53. The molecule has 35 heavy (non-hydrogen) atoms. The number of alkyl halides is 2. The molecule has 4 N–H and O–H groups in total. The highest BCUT2D eigenvalue weighted by Gasteiger charge is 2.44. The minimum absolute atomic E-state index is 0.0120. The maximum Gasteiger partial charge on any atom is 0.241 e. The third kappa shape index (κ3) is 7.06. The third-order valence-corrected chi connectivity index (χ3v) is 9.98. The van der Waals surface area contributed by atoms with Crippen LogP contribution < -0.4 is 20.9 Å². The summed E-state index contributed by atoms with van der Waals surface area (Å²) in [5, 5.41) is 5.67. The molecule has 4 aliphatic rings. The van der Waals surface area contributed by atoms with Crippen LogP contribution in [0.5, 0.6) is 0 Å². The highest BCUT2D eigenvalue weighted by Crippen LogP contribution is 2.37. The van der Waals surface area contributed by atoms with Crippen molar-refractivity contribution in [2.45, 2.75) is 81.4 Å². The smallest absolute Gasteiger partial charge is 0.241 e. The van der Waals surface area contributed by atoms with Gasteiger partial charge in [-0.15, -0.1) is 16.4 Å². The predicted octanol–water partition coefficient (Wildman–Crippen LogP) is 1.24. The molecule has 0 radical (unpaired) electrons. The minimum atomic E-state index is -3.81. The molecule has 1 aliphatic heterocycles. The van der Waals surface area contributed by atoms with Gasteiger partial charge in [-0.05, 0) is 63.8 Å². The molecule has 1 heterocycles. The second kappa shape index (κ2) is 11.6. The maximum absolute atomic E-state index is 14.8. The number of rotatable bonds is 8. The number of likely N-dealkylation sites (N-methyl/N-ethyl adjacent to an activating group) is 1. The molecular weight excluding hydrogens is 497 g/mol. The van der Waals surface area contributed by atoms with Gasteiger partial charge in [0.05, 0.1) is 17.0 Å². The number of hydrazine groups is 1. The van der Waals surface area contributed by atoms with E-state index in [1.54, 1.807) is 0 Å². The largest absolute Gasteiger partial charge is 0.353 e. The lowest BCUT2D eigenvalue weighted by molar-refractivity contribution is -0.130. The minimum Gasteiger partial charge on any atom is -0.353 e. The first-order valence-corrected chi connectivity index (χ1v) is 15.0. The summed E-state index contributed by atoms with van der Waals surface area (Å²) in [7, 11) is -1.83. The average molecular weight is 536 g/mol. The summed E-state index contributed by atoms with van der Waals surface area (Å²) < 4.78 is 40.2. The number of hydrogen-bond acceptors (Lipinski definition) is 6. The van der Waals surface area contributed by atoms with Crippen LogP contribution in [-0.4, -0.2) is 74.8 Å². The summed E-state index contributed by atoms with van der Waals surface area (Å²) in [4.78, 5) is 29.3. The zero-order chi connectivity index (χ0) is 25.2. The van der Waals surface area contributed by atoms with Crippen molar-refractivity contribution in [3.05, 3.63) is 0 Å². The van der Waals surface area contributed by atoms with E-state index in [0.717, 1.165) is 51.7 Å². The van der Waals surface area contributed by atoms with Gasteiger partial charge in [-0.2, -0.15) is 0 Å². The van der Waals surface area contributed by atoms with Gasteiger partial charge >= 0.3 is 0 Å². The lowest BCUT2D eigenvalue weighted by atomic mass is 9.76. The van der Waals surface area contributed by atoms with Crippen molar-refractivity contribution in [1.29, 1.82) is 0 Å². The first-order valence-electron chi connectivity index (χ1n) is 12.9. The van der Waals surface area contributed by atoms with Crippen molar-refractivity contribution in [3.63, 3.8) is 0 Å². The molecule has 3 aliphatic carbocycles. The van der Waals surface area contributed by atoms with Gasteiger partial charge in [0.15, 0.2) is 0 Å². The van der Waals surface area contributed by atoms with Gasteiger partial charge < -0.3 is 5.32 Å². The number of nitrogens with one attached hydrogen (secondary N) is 4. The highest BCUT2D eigenvalue weighted by atomic mass is 35.5. The molecule has 3 saturated carbocycles. The number of hydrogen-bond donors (Lipinski definition) is 4. The van der Waals surface area contributed by atoms with E-state index in [1.165, 1.54) is 0 Å². The van der Waals surface area contributed by atoms with Crippen LogP contribution in [0.4, 0.5) is 4.39 Å². The molecule has 0 aromatic heterocycles. The van der Waals surface area contributed by atoms with Gasteiger partial charge in [-0.3, -0.25) is 25.2 Å². The van der Waals surface area contributed by atoms with Crippen LogP contribution in [0.2, 0.25) is 0 Å². The molecular formula is C23H39ClFN5O4S. The average Bonchev–Trinajstić information content (AvgIpc) is 3.19. The van der Waals surface area contributed by atoms with Crippen molar-refractivity contribution in [3.8, 4) is 0 Å². The van der Waals surface area contributed by atoms with Crippen LogP contribution in [0.15, 0.2) is 0 Å². The fourth-order valence-corrected chi connectivity index (χ4v) is 7.66. The number of carbonyl (C=O) groups is 2. The predicted molar refractivity (Wildman–Crippen MR) is 131 cm³/mol. The van der Waals surface area contributed by atoms with Gasteiger partial charge in [-0.25, -0.2) is 12.8 Å². The first kappa shape index (κ1) is 27.0. The fraction of sp³-hybridized carbons (Fsp3) is 0.913. The van der Waals surface area contributed by atoms with Gasteiger partial charge in [0.2, 0.25) is 21.8 Å². The molecule has 12 heteroatoms. The number of halogens is 2. The topological polar surface area (TPSA) is 120 Å². The van der Waals surface area contributed by atoms with Crippen LogP contribution in [0, 0.1) is 23.7 Å². The van der Waals surface area contributed by atoms with Gasteiger partial charge in [0, 0.05) is 31.2 Å². The molecule has 4 fully saturated rings. The summed E-state index contributed by atoms with van der Waals surface area (Å²) in [5.74, 6) is -1.73. The van der Waals surface area contributed by atoms with E-state index in [-0.39, 0.29) is 41.5 Å². The Labute approximate surface area is 212 Å². The quantitative estimate of drug-likeness (QED) is 0.274. The van der Waals surface area contributed by atoms with Crippen LogP contribution in [-0.2, 0) is 19.6 Å². The number of amides is 2. The monoisotopic (exact) mass is 535 g/mol. The van der Waals surface area contributed by atoms with E-state index < -0.39 is 33.4 Å². The number of carbonyl (C=O) groups excluding carboxylic acids is 2. The molecule has 2 amide bonds. The Hall–Kier alpha value is -1.01. The molecule has 200 valence electrons. The Balaban J connectivity index is 1.25. The van der Waals surface area contributed by atoms with E-state index in [9.17, 15) is 22.4 Å². The fourth-order valence-electron chi connectivity index (χ4n) is 5.99. The second-order valence-corrected chi connectivity index (χ2v) is 13.4. The molecule has 0 spiro atoms. The van der Waals surface area contributed by atoms with Crippen molar-refractivity contribution < 1.29 is 22.4 Å². The lowest BCUT2D eigenvalue weighted by Gasteiger charge is -2.37. The number of nitrogens with zero attached hydrogens (tertiary/aromatic N) is 1. The highest BCUT2D eigenvalue weighted by molar-refractivity contribution is 7.89. The van der Waals surface area contributed by atoms with Crippen LogP contribution in [0.3, 0.4) is 0 Å². The Morgan fingerprint density at radius 1 is 1.09 bits per heavy atom. The van der Waals surface area contributed by atoms with Crippen LogP contribution >= 0.6 is 11.6 Å². The Morgan fingerprint density at radius 3 is 2.49 bits per heavy atom. The van der Waals surface area contributed by atoms with Crippen molar-refractivity contribution in [1.82, 2.24) is 25.8 Å². The van der Waals surface area contributed by atoms with Gasteiger partial charge in [0.25, 0.3) is 0 Å². The van der Waals surface area contributed by atoms with Crippen molar-refractivity contribution in [2.24, 2.45) is 23.7 Å². The van der Waals surface area contributed by atoms with Crippen LogP contribution in [0.25, 0.3) is 0 Å². The van der Waals surface area contributed by atoms with E-state index >= 15 is 0 Å². The van der Waals surface area contributed by atoms with Crippen molar-refractivity contribution in [2.75, 3.05) is 26.0 Å². The number of sulfonamides is 1. The molecule has 9 nitrogen and oxygen atoms in total. The van der Waals surface area contributed by atoms with Crippen molar-refractivity contribution >= 4 is 33.4 Å². The Morgan fingerprint density at radius 2 is 1.83 bits per heavy atom. The van der Waals surface area contributed by atoms with Crippen LogP contribution in [0.1, 0.15) is 57.8 Å². The first-order chi connectivity index (χ1) is 16.6. The van der Waals surface area contributed by atoms with Gasteiger partial charge in [0.1, 0.15) is 6.17 Å². The molecule has 1 saturated heterocycles. The van der Waals surface area contributed by atoms with Gasteiger partial charge in [-0.1, -0.05) is 12.8 Å². The second-order valence-electron chi connectivity index (χ2n) is 11.0. The standard InChI is InChI=1S/C23H39ClFN5O4S/c1-30-11-20(26-13-30)16-9-18(21(25)19(24)10-16)23(32)28-29-35(33,34)12-14-4-2-7-17(8-14)27-22(31)15-5-3-6-15/h14-21,26,29H,2-13H2,1H3,(H,27,31)(H,28,32). The van der Waals surface area contributed by atoms with E-state index in [4.69, 9.17) is 11.6 Å². The lowest BCUT2D eigenvalue weighted by Crippen LogP contribution is -2.52. The zero-order valence-electron chi connectivity index (χ0n) is 20.3. The summed E-state index contributed by atoms with van der Waals surface area (Å²) >= 11 is 6.25. The zero-order valence-corrected chi connectivity index (χ0v) is 21.9. The summed E-state index contributed by atoms with van der Waals surface area (Å²) in [5.41, 5.74) is 2.25. The Kier molecular flexibility index (Phi) is 8.95. The summed E-state index contributed by atoms with van der Waals surface area (Å²) in [6, 6.07) is 0.117. The SMILES string of the molecule is CN1CNC(C2CC(Cl)C(F)C(C(=O)NNS(=O)(=O)CC3CCCC(NC(=O)C4CCC4)C3)C2)C1. The Bertz CT molecular complexity index is 876. The summed E-state index contributed by atoms with van der Waals surface area (Å²) in [6.07, 6.45) is 5.25. The van der Waals surface area contributed by atoms with E-state index in [0.29, 0.717) is 19.3 Å². The van der Waals surface area contributed by atoms with E-state index in [2.05, 4.69) is 25.8 Å². The third-order valence-electron chi connectivity index (χ3n) is 8.24. The molecule has 0 aromatic carbocycles. The maximum atomic E-state index is 14.8. The molecule has 0 bridgehead atoms.